The first-order valence-corrected chi connectivity index (χ1v) is 12.6. The van der Waals surface area contributed by atoms with Gasteiger partial charge < -0.3 is 51.7 Å². The number of nitrogens with two attached hydrogens (primary N) is 2. The van der Waals surface area contributed by atoms with Gasteiger partial charge in [-0.15, -0.1) is 0 Å². The van der Waals surface area contributed by atoms with E-state index in [1.807, 2.05) is 0 Å². The second-order valence-electron chi connectivity index (χ2n) is 8.46. The summed E-state index contributed by atoms with van der Waals surface area (Å²) in [4.78, 5) is 57.5. The van der Waals surface area contributed by atoms with Crippen molar-refractivity contribution in [2.24, 2.45) is 17.4 Å². The molecule has 0 saturated carbocycles. The van der Waals surface area contributed by atoms with E-state index >= 15 is 0 Å². The lowest BCUT2D eigenvalue weighted by molar-refractivity contribution is -0.132. The molecule has 2 atom stereocenters. The number of primary amides is 2. The van der Waals surface area contributed by atoms with Gasteiger partial charge in [0.05, 0.1) is 52.9 Å². The summed E-state index contributed by atoms with van der Waals surface area (Å²) in [7, 11) is 0. The summed E-state index contributed by atoms with van der Waals surface area (Å²) in [6, 6.07) is -2.50. The zero-order valence-electron chi connectivity index (χ0n) is 22.3. The van der Waals surface area contributed by atoms with E-state index in [1.165, 1.54) is 0 Å². The fraction of sp³-hybridized carbons (Fsp3) is 0.783. The Morgan fingerprint density at radius 2 is 1.34 bits per heavy atom. The standard InChI is InChI=1S/C23H44N6O9/c1-17(2)20(22(33)28-18(21(24)32)4-3-6-27-23(25)34)29-19(31)5-8-35-10-12-37-14-15-38-13-11-36-9-7-26-16-30/h16-18,20H,3-15H2,1-2H3,(H2,24,32)(H,26,30)(H,28,33)(H,29,31)(H3,25,27,34). The van der Waals surface area contributed by atoms with Crippen LogP contribution < -0.4 is 32.7 Å². The molecule has 0 aliphatic heterocycles. The highest BCUT2D eigenvalue weighted by Gasteiger charge is 2.27. The van der Waals surface area contributed by atoms with Crippen LogP contribution in [0.3, 0.4) is 0 Å². The van der Waals surface area contributed by atoms with Crippen LogP contribution >= 0.6 is 0 Å². The number of carbonyl (C=O) groups is 5. The number of nitrogens with one attached hydrogen (secondary N) is 4. The van der Waals surface area contributed by atoms with Crippen molar-refractivity contribution in [2.45, 2.75) is 45.2 Å². The van der Waals surface area contributed by atoms with Gasteiger partial charge in [-0.2, -0.15) is 0 Å². The Labute approximate surface area is 223 Å². The topological polar surface area (TPSA) is 222 Å². The molecular formula is C23H44N6O9. The maximum atomic E-state index is 12.7. The van der Waals surface area contributed by atoms with Crippen molar-refractivity contribution in [3.63, 3.8) is 0 Å². The number of amides is 6. The molecule has 0 radical (unpaired) electrons. The maximum Gasteiger partial charge on any atom is 0.312 e. The molecule has 0 saturated heterocycles. The van der Waals surface area contributed by atoms with Crippen LogP contribution in [0.1, 0.15) is 33.1 Å². The highest BCUT2D eigenvalue weighted by atomic mass is 16.6. The van der Waals surface area contributed by atoms with Gasteiger partial charge in [-0.05, 0) is 18.8 Å². The molecule has 0 bridgehead atoms. The molecule has 38 heavy (non-hydrogen) atoms. The quantitative estimate of drug-likeness (QED) is 0.0534. The number of urea groups is 1. The van der Waals surface area contributed by atoms with E-state index < -0.39 is 29.9 Å². The minimum atomic E-state index is -0.950. The summed E-state index contributed by atoms with van der Waals surface area (Å²) in [6.07, 6.45) is 1.24. The molecule has 220 valence electrons. The van der Waals surface area contributed by atoms with Gasteiger partial charge in [0, 0.05) is 19.5 Å². The van der Waals surface area contributed by atoms with Crippen LogP contribution in [0.25, 0.3) is 0 Å². The van der Waals surface area contributed by atoms with E-state index in [1.54, 1.807) is 13.8 Å². The molecule has 2 unspecified atom stereocenters. The summed E-state index contributed by atoms with van der Waals surface area (Å²) in [6.45, 7) is 7.04. The summed E-state index contributed by atoms with van der Waals surface area (Å²) in [5, 5.41) is 10.1. The molecule has 0 heterocycles. The smallest absolute Gasteiger partial charge is 0.312 e. The van der Waals surface area contributed by atoms with Crippen LogP contribution in [0.15, 0.2) is 0 Å². The molecule has 15 heteroatoms. The molecule has 0 aromatic carbocycles. The zero-order chi connectivity index (χ0) is 28.6. The van der Waals surface area contributed by atoms with Crippen molar-refractivity contribution in [3.05, 3.63) is 0 Å². The minimum absolute atomic E-state index is 0.0417. The van der Waals surface area contributed by atoms with Gasteiger partial charge in [0.1, 0.15) is 12.1 Å². The second-order valence-corrected chi connectivity index (χ2v) is 8.46. The summed E-state index contributed by atoms with van der Waals surface area (Å²) in [5.74, 6) is -1.87. The molecule has 8 N–H and O–H groups in total. The molecule has 0 rings (SSSR count). The first-order chi connectivity index (χ1) is 18.2. The number of hydrogen-bond acceptors (Lipinski definition) is 9. The van der Waals surface area contributed by atoms with Crippen LogP contribution in [0.4, 0.5) is 4.79 Å². The first-order valence-electron chi connectivity index (χ1n) is 12.6. The Kier molecular flexibility index (Phi) is 21.3. The molecule has 0 fully saturated rings. The minimum Gasteiger partial charge on any atom is -0.379 e. The fourth-order valence-electron chi connectivity index (χ4n) is 2.96. The average Bonchev–Trinajstić information content (AvgIpc) is 2.86. The van der Waals surface area contributed by atoms with Crippen molar-refractivity contribution in [1.82, 2.24) is 21.3 Å². The molecule has 6 amide bonds. The largest absolute Gasteiger partial charge is 0.379 e. The normalized spacial score (nSPS) is 12.4. The third kappa shape index (κ3) is 20.1. The van der Waals surface area contributed by atoms with Crippen LogP contribution in [0.2, 0.25) is 0 Å². The molecule has 0 aromatic rings. The Bertz CT molecular complexity index is 696. The van der Waals surface area contributed by atoms with E-state index in [4.69, 9.17) is 30.4 Å². The van der Waals surface area contributed by atoms with Gasteiger partial charge in [0.2, 0.25) is 24.1 Å². The summed E-state index contributed by atoms with van der Waals surface area (Å²) >= 11 is 0. The first kappa shape index (κ1) is 35.0. The van der Waals surface area contributed by atoms with E-state index in [0.717, 1.165) is 0 Å². The zero-order valence-corrected chi connectivity index (χ0v) is 22.3. The fourth-order valence-corrected chi connectivity index (χ4v) is 2.96. The molecule has 0 aliphatic rings. The number of carbonyl (C=O) groups excluding carboxylic acids is 5. The Morgan fingerprint density at radius 1 is 0.789 bits per heavy atom. The molecule has 0 aromatic heterocycles. The maximum absolute atomic E-state index is 12.7. The molecule has 0 aliphatic carbocycles. The molecule has 0 spiro atoms. The lowest BCUT2D eigenvalue weighted by Crippen LogP contribution is -2.54. The van der Waals surface area contributed by atoms with Crippen molar-refractivity contribution >= 4 is 30.2 Å². The molecule has 15 nitrogen and oxygen atoms in total. The van der Waals surface area contributed by atoms with Crippen molar-refractivity contribution in [2.75, 3.05) is 65.9 Å². The van der Waals surface area contributed by atoms with E-state index in [0.29, 0.717) is 65.6 Å². The van der Waals surface area contributed by atoms with Gasteiger partial charge in [-0.25, -0.2) is 4.79 Å². The van der Waals surface area contributed by atoms with Crippen LogP contribution in [0.5, 0.6) is 0 Å². The summed E-state index contributed by atoms with van der Waals surface area (Å²) < 4.78 is 21.3. The van der Waals surface area contributed by atoms with Gasteiger partial charge in [-0.3, -0.25) is 19.2 Å². The van der Waals surface area contributed by atoms with E-state index in [2.05, 4.69) is 21.3 Å². The predicted octanol–water partition coefficient (Wildman–Crippen LogP) is -2.25. The van der Waals surface area contributed by atoms with E-state index in [-0.39, 0.29) is 37.8 Å². The van der Waals surface area contributed by atoms with Crippen molar-refractivity contribution in [1.29, 1.82) is 0 Å². The third-order valence-corrected chi connectivity index (χ3v) is 4.96. The van der Waals surface area contributed by atoms with Crippen LogP contribution in [-0.4, -0.2) is 108 Å². The van der Waals surface area contributed by atoms with Crippen LogP contribution in [0, 0.1) is 5.92 Å². The highest BCUT2D eigenvalue weighted by molar-refractivity contribution is 5.91. The SMILES string of the molecule is CC(C)C(NC(=O)CCOCCOCCOCCOCCNC=O)C(=O)NC(CCCNC(N)=O)C(N)=O. The highest BCUT2D eigenvalue weighted by Crippen LogP contribution is 2.05. The van der Waals surface area contributed by atoms with E-state index in [9.17, 15) is 24.0 Å². The number of ether oxygens (including phenoxy) is 4. The Hall–Kier alpha value is -3.01. The third-order valence-electron chi connectivity index (χ3n) is 4.96. The Balaban J connectivity index is 4.04. The van der Waals surface area contributed by atoms with Gasteiger partial charge in [-0.1, -0.05) is 13.8 Å². The lowest BCUT2D eigenvalue weighted by Gasteiger charge is -2.24. The van der Waals surface area contributed by atoms with Gasteiger partial charge in [0.25, 0.3) is 0 Å². The monoisotopic (exact) mass is 548 g/mol. The summed E-state index contributed by atoms with van der Waals surface area (Å²) in [5.41, 5.74) is 10.4. The van der Waals surface area contributed by atoms with Crippen LogP contribution in [-0.2, 0) is 38.1 Å². The van der Waals surface area contributed by atoms with Crippen molar-refractivity contribution < 1.29 is 42.9 Å². The Morgan fingerprint density at radius 3 is 1.84 bits per heavy atom. The number of rotatable bonds is 25. The molecular weight excluding hydrogens is 504 g/mol. The van der Waals surface area contributed by atoms with Crippen molar-refractivity contribution in [3.8, 4) is 0 Å². The predicted molar refractivity (Wildman–Crippen MR) is 137 cm³/mol. The lowest BCUT2D eigenvalue weighted by atomic mass is 10.0. The average molecular weight is 549 g/mol. The number of hydrogen-bond donors (Lipinski definition) is 6. The second kappa shape index (κ2) is 23.1. The van der Waals surface area contributed by atoms with Gasteiger partial charge in [0.15, 0.2) is 0 Å². The van der Waals surface area contributed by atoms with Gasteiger partial charge >= 0.3 is 6.03 Å².